The largest absolute Gasteiger partial charge is 0.460 e. The van der Waals surface area contributed by atoms with Crippen LogP contribution in [0, 0.1) is 5.82 Å². The van der Waals surface area contributed by atoms with Crippen molar-refractivity contribution < 1.29 is 18.7 Å². The van der Waals surface area contributed by atoms with E-state index in [0.717, 1.165) is 23.4 Å². The molecule has 8 heteroatoms. The molecular weight excluding hydrogens is 441 g/mol. The van der Waals surface area contributed by atoms with Crippen LogP contribution in [0.5, 0.6) is 0 Å². The molecule has 1 saturated heterocycles. The first kappa shape index (κ1) is 23.2. The summed E-state index contributed by atoms with van der Waals surface area (Å²) in [4.78, 5) is 34.0. The number of amides is 1. The maximum Gasteiger partial charge on any atom is 0.320 e. The van der Waals surface area contributed by atoms with Gasteiger partial charge >= 0.3 is 5.97 Å². The third kappa shape index (κ3) is 6.52. The predicted octanol–water partition coefficient (Wildman–Crippen LogP) is 3.74. The molecule has 0 saturated carbocycles. The van der Waals surface area contributed by atoms with E-state index in [9.17, 15) is 14.0 Å². The first-order valence-corrected chi connectivity index (χ1v) is 11.9. The van der Waals surface area contributed by atoms with Crippen molar-refractivity contribution in [3.63, 3.8) is 0 Å². The maximum absolute atomic E-state index is 13.7. The molecule has 1 aliphatic heterocycles. The van der Waals surface area contributed by atoms with Crippen LogP contribution in [-0.2, 0) is 20.9 Å². The van der Waals surface area contributed by atoms with E-state index in [4.69, 9.17) is 4.74 Å². The van der Waals surface area contributed by atoms with Crippen LogP contribution in [0.25, 0.3) is 10.9 Å². The number of benzene rings is 2. The zero-order chi connectivity index (χ0) is 23.0. The lowest BCUT2D eigenvalue weighted by molar-refractivity contribution is -0.146. The fraction of sp³-hybridized carbons (Fsp3) is 0.320. The molecule has 1 aromatic heterocycles. The van der Waals surface area contributed by atoms with Crippen molar-refractivity contribution in [3.05, 3.63) is 72.2 Å². The molecule has 1 amide bonds. The number of pyridine rings is 1. The average Bonchev–Trinajstić information content (AvgIpc) is 3.07. The Labute approximate surface area is 196 Å². The number of thioether (sulfide) groups is 1. The van der Waals surface area contributed by atoms with Crippen molar-refractivity contribution in [1.82, 2.24) is 14.8 Å². The van der Waals surface area contributed by atoms with Crippen LogP contribution in [0.15, 0.2) is 65.7 Å². The minimum atomic E-state index is -0.321. The Balaban J connectivity index is 1.25. The number of carbonyl (C=O) groups excluding carboxylic acids is 2. The van der Waals surface area contributed by atoms with Gasteiger partial charge in [-0.25, -0.2) is 4.39 Å². The number of halogens is 1. The highest BCUT2D eigenvalue weighted by Crippen LogP contribution is 2.27. The highest BCUT2D eigenvalue weighted by atomic mass is 32.2. The van der Waals surface area contributed by atoms with Gasteiger partial charge in [-0.2, -0.15) is 0 Å². The van der Waals surface area contributed by atoms with Crippen LogP contribution in [0.4, 0.5) is 4.39 Å². The molecule has 6 nitrogen and oxygen atoms in total. The van der Waals surface area contributed by atoms with Gasteiger partial charge < -0.3 is 9.64 Å². The summed E-state index contributed by atoms with van der Waals surface area (Å²) in [6, 6.07) is 15.9. The van der Waals surface area contributed by atoms with Gasteiger partial charge in [0.1, 0.15) is 12.4 Å². The molecule has 1 fully saturated rings. The monoisotopic (exact) mass is 467 g/mol. The van der Waals surface area contributed by atoms with Crippen LogP contribution in [0.3, 0.4) is 0 Å². The second-order valence-electron chi connectivity index (χ2n) is 7.92. The summed E-state index contributed by atoms with van der Waals surface area (Å²) >= 11 is 1.40. The first-order chi connectivity index (χ1) is 16.1. The molecule has 2 aromatic carbocycles. The van der Waals surface area contributed by atoms with Crippen molar-refractivity contribution >= 4 is 34.5 Å². The van der Waals surface area contributed by atoms with E-state index in [1.165, 1.54) is 23.9 Å². The number of hydrogen-bond acceptors (Lipinski definition) is 6. The molecule has 0 N–H and O–H groups in total. The van der Waals surface area contributed by atoms with Crippen LogP contribution in [0.2, 0.25) is 0 Å². The summed E-state index contributed by atoms with van der Waals surface area (Å²) in [5.74, 6) is -0.270. The Morgan fingerprint density at radius 3 is 2.73 bits per heavy atom. The summed E-state index contributed by atoms with van der Waals surface area (Å²) in [6.45, 7) is 3.07. The number of nitrogens with zero attached hydrogens (tertiary/aromatic N) is 3. The number of rotatable bonds is 7. The highest BCUT2D eigenvalue weighted by molar-refractivity contribution is 8.00. The zero-order valence-corrected chi connectivity index (χ0v) is 19.1. The first-order valence-electron chi connectivity index (χ1n) is 11.0. The summed E-state index contributed by atoms with van der Waals surface area (Å²) in [5.41, 5.74) is 1.67. The van der Waals surface area contributed by atoms with Crippen molar-refractivity contribution in [2.24, 2.45) is 0 Å². The summed E-state index contributed by atoms with van der Waals surface area (Å²) in [7, 11) is 0. The van der Waals surface area contributed by atoms with Gasteiger partial charge in [0.05, 0.1) is 17.8 Å². The van der Waals surface area contributed by atoms with Gasteiger partial charge in [0.25, 0.3) is 0 Å². The van der Waals surface area contributed by atoms with E-state index in [1.807, 2.05) is 46.2 Å². The minimum absolute atomic E-state index is 0.0369. The predicted molar refractivity (Wildman–Crippen MR) is 126 cm³/mol. The lowest BCUT2D eigenvalue weighted by Crippen LogP contribution is -2.37. The average molecular weight is 468 g/mol. The Kier molecular flexibility index (Phi) is 7.91. The molecule has 0 bridgehead atoms. The lowest BCUT2D eigenvalue weighted by atomic mass is 10.2. The van der Waals surface area contributed by atoms with E-state index in [0.29, 0.717) is 30.5 Å². The van der Waals surface area contributed by atoms with Crippen LogP contribution >= 0.6 is 11.8 Å². The van der Waals surface area contributed by atoms with E-state index in [1.54, 1.807) is 12.3 Å². The summed E-state index contributed by atoms with van der Waals surface area (Å²) in [5, 5.41) is 0.714. The minimum Gasteiger partial charge on any atom is -0.460 e. The molecule has 0 unspecified atom stereocenters. The van der Waals surface area contributed by atoms with Crippen molar-refractivity contribution in [2.45, 2.75) is 17.9 Å². The van der Waals surface area contributed by atoms with Crippen molar-refractivity contribution in [1.29, 1.82) is 0 Å². The second-order valence-corrected chi connectivity index (χ2v) is 8.93. The Bertz CT molecular complexity index is 1110. The quantitative estimate of drug-likeness (QED) is 0.390. The summed E-state index contributed by atoms with van der Waals surface area (Å²) < 4.78 is 19.0. The molecule has 4 rings (SSSR count). The fourth-order valence-corrected chi connectivity index (χ4v) is 4.73. The second kappa shape index (κ2) is 11.2. The van der Waals surface area contributed by atoms with E-state index >= 15 is 0 Å². The molecule has 0 aliphatic carbocycles. The lowest BCUT2D eigenvalue weighted by Gasteiger charge is -2.21. The van der Waals surface area contributed by atoms with Gasteiger partial charge in [-0.05, 0) is 36.2 Å². The number of aromatic nitrogens is 1. The third-order valence-corrected chi connectivity index (χ3v) is 6.61. The molecule has 172 valence electrons. The number of hydrogen-bond donors (Lipinski definition) is 0. The number of esters is 1. The molecule has 0 radical (unpaired) electrons. The van der Waals surface area contributed by atoms with E-state index in [-0.39, 0.29) is 36.6 Å². The SMILES string of the molecule is O=C(CN1CCCN(C(=O)CSc2ccnc3ccc(F)cc23)CC1)OCc1ccccc1. The highest BCUT2D eigenvalue weighted by Gasteiger charge is 2.21. The number of carbonyl (C=O) groups is 2. The maximum atomic E-state index is 13.7. The van der Waals surface area contributed by atoms with Crippen LogP contribution < -0.4 is 0 Å². The number of fused-ring (bicyclic) bond motifs is 1. The standard InChI is InChI=1S/C25H26FN3O3S/c26-20-7-8-22-21(15-20)23(9-10-27-22)33-18-24(30)29-12-4-11-28(13-14-29)16-25(31)32-17-19-5-2-1-3-6-19/h1-3,5-10,15H,4,11-14,16-18H2. The van der Waals surface area contributed by atoms with Crippen LogP contribution in [-0.4, -0.2) is 65.1 Å². The smallest absolute Gasteiger partial charge is 0.320 e. The molecule has 33 heavy (non-hydrogen) atoms. The van der Waals surface area contributed by atoms with Crippen molar-refractivity contribution in [2.75, 3.05) is 38.5 Å². The van der Waals surface area contributed by atoms with Gasteiger partial charge in [0, 0.05) is 42.7 Å². The molecule has 3 aromatic rings. The fourth-order valence-electron chi connectivity index (χ4n) is 3.79. The van der Waals surface area contributed by atoms with E-state index in [2.05, 4.69) is 4.98 Å². The zero-order valence-electron chi connectivity index (χ0n) is 18.3. The molecular formula is C25H26FN3O3S. The van der Waals surface area contributed by atoms with E-state index < -0.39 is 0 Å². The molecule has 2 heterocycles. The van der Waals surface area contributed by atoms with Gasteiger partial charge in [-0.1, -0.05) is 30.3 Å². The number of ether oxygens (including phenoxy) is 1. The molecule has 1 aliphatic rings. The molecule has 0 spiro atoms. The topological polar surface area (TPSA) is 62.7 Å². The third-order valence-electron chi connectivity index (χ3n) is 5.55. The van der Waals surface area contributed by atoms with Gasteiger partial charge in [0.15, 0.2) is 0 Å². The Hall–Kier alpha value is -2.97. The van der Waals surface area contributed by atoms with Crippen LogP contribution in [0.1, 0.15) is 12.0 Å². The van der Waals surface area contributed by atoms with Crippen molar-refractivity contribution in [3.8, 4) is 0 Å². The Morgan fingerprint density at radius 2 is 1.88 bits per heavy atom. The normalized spacial score (nSPS) is 14.8. The summed E-state index contributed by atoms with van der Waals surface area (Å²) in [6.07, 6.45) is 2.47. The molecule has 0 atom stereocenters. The Morgan fingerprint density at radius 1 is 1.03 bits per heavy atom. The van der Waals surface area contributed by atoms with Gasteiger partial charge in [-0.15, -0.1) is 11.8 Å². The van der Waals surface area contributed by atoms with Gasteiger partial charge in [-0.3, -0.25) is 19.5 Å². The van der Waals surface area contributed by atoms with Gasteiger partial charge in [0.2, 0.25) is 5.91 Å².